The molecule has 0 fully saturated rings. The molecule has 0 bridgehead atoms. The van der Waals surface area contributed by atoms with Crippen molar-refractivity contribution in [3.8, 4) is 0 Å². The Morgan fingerprint density at radius 2 is 2.17 bits per heavy atom. The number of aryl methyl sites for hydroxylation is 1. The quantitative estimate of drug-likeness (QED) is 0.338. The number of nitrogens with one attached hydrogen (secondary N) is 2. The van der Waals surface area contributed by atoms with E-state index in [0.29, 0.717) is 24.4 Å². The molecule has 0 aliphatic heterocycles. The Morgan fingerprint density at radius 3 is 2.86 bits per heavy atom. The van der Waals surface area contributed by atoms with E-state index in [1.165, 1.54) is 30.9 Å². The number of non-ortho nitro benzene ring substituents is 1. The SMILES string of the molecule is COCCn1c(N/N=C(\C)c2cccc([N+](=O)[O-])c2)nc2c1c(=O)[nH]c(=O)n2C. The van der Waals surface area contributed by atoms with Crippen molar-refractivity contribution in [1.29, 1.82) is 0 Å². The normalized spacial score (nSPS) is 11.8. The van der Waals surface area contributed by atoms with Crippen LogP contribution in [0.15, 0.2) is 39.0 Å². The lowest BCUT2D eigenvalue weighted by Gasteiger charge is -2.08. The van der Waals surface area contributed by atoms with Gasteiger partial charge in [0, 0.05) is 38.4 Å². The first-order valence-corrected chi connectivity index (χ1v) is 8.57. The van der Waals surface area contributed by atoms with Gasteiger partial charge in [-0.2, -0.15) is 10.1 Å². The molecule has 12 nitrogen and oxygen atoms in total. The number of H-pyrrole nitrogens is 1. The number of benzene rings is 1. The molecule has 2 heterocycles. The molecule has 0 atom stereocenters. The highest BCUT2D eigenvalue weighted by Gasteiger charge is 2.17. The van der Waals surface area contributed by atoms with Crippen molar-refractivity contribution in [3.63, 3.8) is 0 Å². The standard InChI is InChI=1S/C17H19N7O5/c1-10(11-5-4-6-12(9-11)24(27)28)20-21-16-18-14-13(23(16)7-8-29-3)15(25)19-17(26)22(14)2/h4-6,9H,7-8H2,1-3H3,(H,18,21)(H,19,25,26)/b20-10+. The summed E-state index contributed by atoms with van der Waals surface area (Å²) in [5, 5.41) is 15.2. The zero-order valence-electron chi connectivity index (χ0n) is 16.0. The molecule has 152 valence electrons. The monoisotopic (exact) mass is 401 g/mol. The second-order valence-electron chi connectivity index (χ2n) is 6.19. The summed E-state index contributed by atoms with van der Waals surface area (Å²) in [5.74, 6) is 0.230. The van der Waals surface area contributed by atoms with Crippen molar-refractivity contribution in [2.75, 3.05) is 19.1 Å². The van der Waals surface area contributed by atoms with E-state index in [1.54, 1.807) is 23.6 Å². The number of rotatable bonds is 7. The molecule has 0 saturated carbocycles. The summed E-state index contributed by atoms with van der Waals surface area (Å²) in [4.78, 5) is 41.2. The number of ether oxygens (including phenoxy) is 1. The van der Waals surface area contributed by atoms with E-state index in [9.17, 15) is 19.7 Å². The van der Waals surface area contributed by atoms with Gasteiger partial charge in [0.05, 0.1) is 17.2 Å². The number of hydrogen-bond donors (Lipinski definition) is 2. The van der Waals surface area contributed by atoms with Gasteiger partial charge in [-0.3, -0.25) is 24.5 Å². The van der Waals surface area contributed by atoms with Crippen LogP contribution in [-0.4, -0.2) is 43.5 Å². The van der Waals surface area contributed by atoms with E-state index in [4.69, 9.17) is 4.74 Å². The van der Waals surface area contributed by atoms with Gasteiger partial charge < -0.3 is 9.30 Å². The van der Waals surface area contributed by atoms with Gasteiger partial charge in [0.2, 0.25) is 5.95 Å². The molecule has 0 aliphatic carbocycles. The van der Waals surface area contributed by atoms with Crippen LogP contribution in [-0.2, 0) is 18.3 Å². The minimum Gasteiger partial charge on any atom is -0.383 e. The van der Waals surface area contributed by atoms with E-state index in [0.717, 1.165) is 0 Å². The smallest absolute Gasteiger partial charge is 0.329 e. The summed E-state index contributed by atoms with van der Waals surface area (Å²) in [7, 11) is 3.02. The lowest BCUT2D eigenvalue weighted by atomic mass is 10.1. The van der Waals surface area contributed by atoms with Crippen LogP contribution >= 0.6 is 0 Å². The van der Waals surface area contributed by atoms with E-state index in [1.807, 2.05) is 0 Å². The van der Waals surface area contributed by atoms with E-state index < -0.39 is 16.2 Å². The van der Waals surface area contributed by atoms with Gasteiger partial charge in [-0.1, -0.05) is 12.1 Å². The number of nitro benzene ring substituents is 1. The highest BCUT2D eigenvalue weighted by atomic mass is 16.6. The third-order valence-corrected chi connectivity index (χ3v) is 4.32. The summed E-state index contributed by atoms with van der Waals surface area (Å²) in [5.41, 5.74) is 3.00. The van der Waals surface area contributed by atoms with Crippen molar-refractivity contribution in [1.82, 2.24) is 19.1 Å². The summed E-state index contributed by atoms with van der Waals surface area (Å²) < 4.78 is 7.87. The van der Waals surface area contributed by atoms with Crippen LogP contribution in [0, 0.1) is 10.1 Å². The average Bonchev–Trinajstić information content (AvgIpc) is 3.07. The van der Waals surface area contributed by atoms with Gasteiger partial charge in [-0.15, -0.1) is 0 Å². The Bertz CT molecular complexity index is 1220. The molecule has 0 unspecified atom stereocenters. The van der Waals surface area contributed by atoms with Crippen molar-refractivity contribution >= 4 is 28.5 Å². The molecule has 3 aromatic rings. The van der Waals surface area contributed by atoms with E-state index in [-0.39, 0.29) is 22.8 Å². The second kappa shape index (κ2) is 8.06. The Balaban J connectivity index is 2.04. The van der Waals surface area contributed by atoms with Gasteiger partial charge in [0.1, 0.15) is 0 Å². The molecule has 29 heavy (non-hydrogen) atoms. The number of hydrazone groups is 1. The number of nitrogens with zero attached hydrogens (tertiary/aromatic N) is 5. The first-order valence-electron chi connectivity index (χ1n) is 8.57. The third-order valence-electron chi connectivity index (χ3n) is 4.32. The lowest BCUT2D eigenvalue weighted by molar-refractivity contribution is -0.384. The maximum atomic E-state index is 12.3. The van der Waals surface area contributed by atoms with Crippen LogP contribution in [0.25, 0.3) is 11.2 Å². The molecule has 3 rings (SSSR count). The van der Waals surface area contributed by atoms with Crippen molar-refractivity contribution in [2.24, 2.45) is 12.1 Å². The third kappa shape index (κ3) is 3.91. The average molecular weight is 401 g/mol. The molecule has 1 aromatic carbocycles. The molecule has 0 aliphatic rings. The molecule has 2 N–H and O–H groups in total. The highest BCUT2D eigenvalue weighted by molar-refractivity contribution is 5.99. The number of anilines is 1. The van der Waals surface area contributed by atoms with Crippen molar-refractivity contribution in [2.45, 2.75) is 13.5 Å². The fraction of sp³-hybridized carbons (Fsp3) is 0.294. The largest absolute Gasteiger partial charge is 0.383 e. The van der Waals surface area contributed by atoms with Crippen LogP contribution in [0.1, 0.15) is 12.5 Å². The topological polar surface area (TPSA) is 149 Å². The van der Waals surface area contributed by atoms with E-state index >= 15 is 0 Å². The maximum Gasteiger partial charge on any atom is 0.329 e. The van der Waals surface area contributed by atoms with Crippen LogP contribution in [0.4, 0.5) is 11.6 Å². The zero-order valence-corrected chi connectivity index (χ0v) is 16.0. The number of fused-ring (bicyclic) bond motifs is 1. The van der Waals surface area contributed by atoms with Gasteiger partial charge in [0.25, 0.3) is 11.2 Å². The van der Waals surface area contributed by atoms with Crippen LogP contribution < -0.4 is 16.7 Å². The molecule has 12 heteroatoms. The summed E-state index contributed by atoms with van der Waals surface area (Å²) in [6.45, 7) is 2.27. The summed E-state index contributed by atoms with van der Waals surface area (Å²) >= 11 is 0. The molecule has 0 saturated heterocycles. The predicted molar refractivity (Wildman–Crippen MR) is 106 cm³/mol. The summed E-state index contributed by atoms with van der Waals surface area (Å²) in [6.07, 6.45) is 0. The number of nitro groups is 1. The Hall–Kier alpha value is -3.80. The Kier molecular flexibility index (Phi) is 5.54. The molecule has 0 spiro atoms. The van der Waals surface area contributed by atoms with Crippen LogP contribution in [0.5, 0.6) is 0 Å². The second-order valence-corrected chi connectivity index (χ2v) is 6.19. The number of aromatic amines is 1. The minimum absolute atomic E-state index is 0.0501. The van der Waals surface area contributed by atoms with Crippen molar-refractivity contribution in [3.05, 3.63) is 60.8 Å². The summed E-state index contributed by atoms with van der Waals surface area (Å²) in [6, 6.07) is 6.05. The van der Waals surface area contributed by atoms with Crippen LogP contribution in [0.2, 0.25) is 0 Å². The molecular weight excluding hydrogens is 382 g/mol. The number of methoxy groups -OCH3 is 1. The molecule has 0 amide bonds. The fourth-order valence-electron chi connectivity index (χ4n) is 2.76. The van der Waals surface area contributed by atoms with E-state index in [2.05, 4.69) is 20.5 Å². The number of hydrogen-bond acceptors (Lipinski definition) is 8. The molecule has 2 aromatic heterocycles. The van der Waals surface area contributed by atoms with Gasteiger partial charge >= 0.3 is 5.69 Å². The molecular formula is C17H19N7O5. The lowest BCUT2D eigenvalue weighted by Crippen LogP contribution is -2.29. The zero-order chi connectivity index (χ0) is 21.1. The number of imidazole rings is 1. The Labute approximate surface area is 163 Å². The van der Waals surface area contributed by atoms with Crippen LogP contribution in [0.3, 0.4) is 0 Å². The Morgan fingerprint density at radius 1 is 1.41 bits per heavy atom. The first kappa shape index (κ1) is 19.9. The van der Waals surface area contributed by atoms with Gasteiger partial charge in [-0.25, -0.2) is 10.2 Å². The van der Waals surface area contributed by atoms with Gasteiger partial charge in [-0.05, 0) is 6.92 Å². The molecule has 0 radical (unpaired) electrons. The minimum atomic E-state index is -0.582. The first-order chi connectivity index (χ1) is 13.8. The number of aromatic nitrogens is 4. The maximum absolute atomic E-state index is 12.3. The van der Waals surface area contributed by atoms with Crippen molar-refractivity contribution < 1.29 is 9.66 Å². The fourth-order valence-corrected chi connectivity index (χ4v) is 2.76. The van der Waals surface area contributed by atoms with Gasteiger partial charge in [0.15, 0.2) is 11.2 Å². The highest BCUT2D eigenvalue weighted by Crippen LogP contribution is 2.17. The predicted octanol–water partition coefficient (Wildman–Crippen LogP) is 0.814.